The Hall–Kier alpha value is -3.15. The monoisotopic (exact) mass is 432 g/mol. The summed E-state index contributed by atoms with van der Waals surface area (Å²) in [7, 11) is 0. The Labute approximate surface area is 188 Å². The van der Waals surface area contributed by atoms with Crippen LogP contribution in [0.25, 0.3) is 0 Å². The van der Waals surface area contributed by atoms with E-state index in [1.54, 1.807) is 17.0 Å². The van der Waals surface area contributed by atoms with Crippen LogP contribution in [0.15, 0.2) is 48.5 Å². The first-order valence-electron chi connectivity index (χ1n) is 11.6. The number of anilines is 2. The van der Waals surface area contributed by atoms with E-state index >= 15 is 0 Å². The highest BCUT2D eigenvalue weighted by Gasteiger charge is 2.40. The third kappa shape index (κ3) is 3.90. The Balaban J connectivity index is 1.28. The molecule has 2 unspecified atom stereocenters. The number of carbonyl (C=O) groups excluding carboxylic acids is 3. The Morgan fingerprint density at radius 2 is 1.59 bits per heavy atom. The zero-order valence-corrected chi connectivity index (χ0v) is 18.2. The van der Waals surface area contributed by atoms with Crippen LogP contribution < -0.4 is 14.5 Å². The van der Waals surface area contributed by atoms with Crippen LogP contribution in [0.4, 0.5) is 11.4 Å². The minimum atomic E-state index is -0.427. The molecule has 5 rings (SSSR count). The second-order valence-electron chi connectivity index (χ2n) is 8.93. The molecule has 2 aromatic rings. The van der Waals surface area contributed by atoms with E-state index < -0.39 is 5.92 Å². The number of hydrogen-bond donors (Lipinski definition) is 0. The molecule has 1 saturated heterocycles. The maximum absolute atomic E-state index is 13.4. The lowest BCUT2D eigenvalue weighted by Gasteiger charge is -2.32. The molecule has 2 amide bonds. The van der Waals surface area contributed by atoms with Crippen LogP contribution in [0.3, 0.4) is 0 Å². The van der Waals surface area contributed by atoms with Crippen molar-refractivity contribution in [3.05, 3.63) is 54.1 Å². The van der Waals surface area contributed by atoms with E-state index in [2.05, 4.69) is 6.07 Å². The van der Waals surface area contributed by atoms with Crippen molar-refractivity contribution in [2.24, 2.45) is 11.8 Å². The predicted molar refractivity (Wildman–Crippen MR) is 122 cm³/mol. The van der Waals surface area contributed by atoms with Gasteiger partial charge in [0, 0.05) is 30.9 Å². The Bertz CT molecular complexity index is 1030. The van der Waals surface area contributed by atoms with Gasteiger partial charge in [-0.3, -0.25) is 14.4 Å². The molecule has 2 fully saturated rings. The van der Waals surface area contributed by atoms with Gasteiger partial charge >= 0.3 is 5.97 Å². The van der Waals surface area contributed by atoms with Crippen molar-refractivity contribution in [2.75, 3.05) is 22.9 Å². The molecule has 32 heavy (non-hydrogen) atoms. The van der Waals surface area contributed by atoms with E-state index in [0.29, 0.717) is 31.6 Å². The minimum Gasteiger partial charge on any atom is -0.426 e. The van der Waals surface area contributed by atoms with Gasteiger partial charge in [-0.1, -0.05) is 31.0 Å². The summed E-state index contributed by atoms with van der Waals surface area (Å²) in [6.45, 7) is 1.40. The van der Waals surface area contributed by atoms with Crippen LogP contribution in [0.2, 0.25) is 0 Å². The largest absolute Gasteiger partial charge is 0.426 e. The Morgan fingerprint density at radius 3 is 2.34 bits per heavy atom. The van der Waals surface area contributed by atoms with Gasteiger partial charge in [-0.05, 0) is 61.6 Å². The quantitative estimate of drug-likeness (QED) is 0.539. The van der Waals surface area contributed by atoms with Gasteiger partial charge in [0.1, 0.15) is 5.75 Å². The first kappa shape index (κ1) is 20.7. The number of hydrogen-bond acceptors (Lipinski definition) is 4. The lowest BCUT2D eigenvalue weighted by molar-refractivity contribution is -0.145. The first-order valence-corrected chi connectivity index (χ1v) is 11.6. The smallest absolute Gasteiger partial charge is 0.315 e. The van der Waals surface area contributed by atoms with E-state index in [9.17, 15) is 14.4 Å². The number of rotatable bonds is 4. The van der Waals surface area contributed by atoms with E-state index in [1.165, 1.54) is 5.56 Å². The molecule has 2 heterocycles. The van der Waals surface area contributed by atoms with Crippen LogP contribution >= 0.6 is 0 Å². The number of amides is 2. The number of ether oxygens (including phenoxy) is 1. The summed E-state index contributed by atoms with van der Waals surface area (Å²) in [6, 6.07) is 15.1. The maximum atomic E-state index is 13.4. The Kier molecular flexibility index (Phi) is 5.68. The van der Waals surface area contributed by atoms with Gasteiger partial charge in [-0.25, -0.2) is 0 Å². The summed E-state index contributed by atoms with van der Waals surface area (Å²) >= 11 is 0. The van der Waals surface area contributed by atoms with Crippen molar-refractivity contribution in [3.8, 4) is 5.75 Å². The third-order valence-electron chi connectivity index (χ3n) is 6.98. The second-order valence-corrected chi connectivity index (χ2v) is 8.93. The first-order chi connectivity index (χ1) is 15.6. The molecular formula is C26H28N2O4. The molecule has 0 spiro atoms. The van der Waals surface area contributed by atoms with Crippen LogP contribution in [-0.2, 0) is 20.8 Å². The normalized spacial score (nSPS) is 22.7. The van der Waals surface area contributed by atoms with Gasteiger partial charge < -0.3 is 14.5 Å². The van der Waals surface area contributed by atoms with E-state index in [1.807, 2.05) is 35.2 Å². The summed E-state index contributed by atoms with van der Waals surface area (Å²) < 4.78 is 5.70. The van der Waals surface area contributed by atoms with Gasteiger partial charge in [0.15, 0.2) is 0 Å². The molecule has 0 N–H and O–H groups in total. The summed E-state index contributed by atoms with van der Waals surface area (Å²) in [6.07, 6.45) is 5.57. The van der Waals surface area contributed by atoms with Gasteiger partial charge in [0.25, 0.3) is 0 Å². The lowest BCUT2D eigenvalue weighted by Crippen LogP contribution is -2.43. The van der Waals surface area contributed by atoms with E-state index in [-0.39, 0.29) is 23.7 Å². The maximum Gasteiger partial charge on any atom is 0.315 e. The standard InChI is InChI=1S/C26H28N2O4/c29-24-10-5-16-27(24)19-11-13-20(14-12-19)32-26(31)22-8-3-2-7-21(22)25(30)28-17-15-18-6-1-4-9-23(18)28/h1,4,6,9,11-14,21-22H,2-3,5,7-8,10,15-17H2. The van der Waals surface area contributed by atoms with Crippen molar-refractivity contribution >= 4 is 29.2 Å². The van der Waals surface area contributed by atoms with Crippen LogP contribution in [0.5, 0.6) is 5.75 Å². The molecule has 166 valence electrons. The Morgan fingerprint density at radius 1 is 0.844 bits per heavy atom. The summed E-state index contributed by atoms with van der Waals surface area (Å²) in [5.74, 6) is -0.483. The van der Waals surface area contributed by atoms with E-state index in [4.69, 9.17) is 4.74 Å². The number of fused-ring (bicyclic) bond motifs is 1. The number of benzene rings is 2. The fourth-order valence-electron chi connectivity index (χ4n) is 5.28. The van der Waals surface area contributed by atoms with E-state index in [0.717, 1.165) is 43.6 Å². The summed E-state index contributed by atoms with van der Waals surface area (Å²) in [5, 5.41) is 0. The molecule has 2 atom stereocenters. The summed E-state index contributed by atoms with van der Waals surface area (Å²) in [5.41, 5.74) is 2.99. The molecule has 0 radical (unpaired) electrons. The van der Waals surface area contributed by atoms with Crippen LogP contribution in [0, 0.1) is 11.8 Å². The SMILES string of the molecule is O=C(Oc1ccc(N2CCCC2=O)cc1)C1CCCCC1C(=O)N1CCc2ccccc21. The van der Waals surface area contributed by atoms with Crippen molar-refractivity contribution in [2.45, 2.75) is 44.9 Å². The van der Waals surface area contributed by atoms with Crippen molar-refractivity contribution < 1.29 is 19.1 Å². The number of nitrogens with zero attached hydrogens (tertiary/aromatic N) is 2. The molecule has 2 aliphatic heterocycles. The molecule has 0 bridgehead atoms. The summed E-state index contributed by atoms with van der Waals surface area (Å²) in [4.78, 5) is 42.1. The average Bonchev–Trinajstić information content (AvgIpc) is 3.45. The molecular weight excluding hydrogens is 404 g/mol. The lowest BCUT2D eigenvalue weighted by atomic mass is 9.78. The molecule has 6 heteroatoms. The second kappa shape index (κ2) is 8.77. The van der Waals surface area contributed by atoms with Gasteiger partial charge in [0.05, 0.1) is 11.8 Å². The zero-order chi connectivity index (χ0) is 22.1. The fraction of sp³-hybridized carbons (Fsp3) is 0.423. The highest BCUT2D eigenvalue weighted by molar-refractivity contribution is 5.99. The molecule has 2 aromatic carbocycles. The number of esters is 1. The molecule has 3 aliphatic rings. The minimum absolute atomic E-state index is 0.0412. The van der Waals surface area contributed by atoms with Gasteiger partial charge in [-0.2, -0.15) is 0 Å². The molecule has 1 saturated carbocycles. The zero-order valence-electron chi connectivity index (χ0n) is 18.2. The van der Waals surface area contributed by atoms with Gasteiger partial charge in [-0.15, -0.1) is 0 Å². The van der Waals surface area contributed by atoms with Crippen molar-refractivity contribution in [1.29, 1.82) is 0 Å². The predicted octanol–water partition coefficient (Wildman–Crippen LogP) is 4.11. The molecule has 1 aliphatic carbocycles. The fourth-order valence-corrected chi connectivity index (χ4v) is 5.28. The van der Waals surface area contributed by atoms with Gasteiger partial charge in [0.2, 0.25) is 11.8 Å². The highest BCUT2D eigenvalue weighted by Crippen LogP contribution is 2.36. The highest BCUT2D eigenvalue weighted by atomic mass is 16.5. The third-order valence-corrected chi connectivity index (χ3v) is 6.98. The number of para-hydroxylation sites is 1. The average molecular weight is 433 g/mol. The molecule has 6 nitrogen and oxygen atoms in total. The van der Waals surface area contributed by atoms with Crippen molar-refractivity contribution in [3.63, 3.8) is 0 Å². The van der Waals surface area contributed by atoms with Crippen LogP contribution in [-0.4, -0.2) is 30.9 Å². The van der Waals surface area contributed by atoms with Crippen LogP contribution in [0.1, 0.15) is 44.1 Å². The van der Waals surface area contributed by atoms with Crippen molar-refractivity contribution in [1.82, 2.24) is 0 Å². The number of carbonyl (C=O) groups is 3. The molecule has 0 aromatic heterocycles. The topological polar surface area (TPSA) is 66.9 Å².